The fourth-order valence-corrected chi connectivity index (χ4v) is 5.71. The van der Waals surface area contributed by atoms with Crippen LogP contribution in [0.2, 0.25) is 0 Å². The van der Waals surface area contributed by atoms with E-state index in [9.17, 15) is 9.59 Å². The number of carbonyl (C=O) groups is 1. The molecule has 0 aliphatic carbocycles. The largest absolute Gasteiger partial charge is 0.351 e. The maximum absolute atomic E-state index is 12.6. The van der Waals surface area contributed by atoms with Crippen molar-refractivity contribution in [3.8, 4) is 0 Å². The third-order valence-corrected chi connectivity index (χ3v) is 7.84. The van der Waals surface area contributed by atoms with Crippen molar-refractivity contribution in [3.05, 3.63) is 26.6 Å². The number of aromatic nitrogens is 2. The van der Waals surface area contributed by atoms with Crippen LogP contribution in [0.1, 0.15) is 49.9 Å². The number of carbonyl (C=O) groups excluding carboxylic acids is 1. The minimum absolute atomic E-state index is 0.0406. The molecule has 2 N–H and O–H groups in total. The zero-order valence-electron chi connectivity index (χ0n) is 18.0. The molecule has 0 aromatic carbocycles. The summed E-state index contributed by atoms with van der Waals surface area (Å²) in [7, 11) is 0. The Morgan fingerprint density at radius 2 is 2.17 bits per heavy atom. The van der Waals surface area contributed by atoms with E-state index in [0.29, 0.717) is 17.0 Å². The van der Waals surface area contributed by atoms with Gasteiger partial charge in [0.15, 0.2) is 0 Å². The molecule has 3 heterocycles. The highest BCUT2D eigenvalue weighted by molar-refractivity contribution is 7.99. The van der Waals surface area contributed by atoms with Crippen LogP contribution in [0.15, 0.2) is 4.79 Å². The van der Waals surface area contributed by atoms with Gasteiger partial charge in [0.1, 0.15) is 10.7 Å². The molecule has 0 spiro atoms. The number of rotatable bonds is 7. The van der Waals surface area contributed by atoms with Gasteiger partial charge in [0.05, 0.1) is 16.4 Å². The summed E-state index contributed by atoms with van der Waals surface area (Å²) in [5.41, 5.74) is 0.914. The minimum Gasteiger partial charge on any atom is -0.351 e. The van der Waals surface area contributed by atoms with E-state index in [2.05, 4.69) is 34.0 Å². The molecule has 8 heteroatoms. The van der Waals surface area contributed by atoms with E-state index in [1.165, 1.54) is 24.6 Å². The monoisotopic (exact) mass is 436 g/mol. The molecule has 1 saturated heterocycles. The Balaban J connectivity index is 1.52. The van der Waals surface area contributed by atoms with Crippen LogP contribution in [0.25, 0.3) is 10.2 Å². The summed E-state index contributed by atoms with van der Waals surface area (Å²) in [6.07, 6.45) is 2.55. The van der Waals surface area contributed by atoms with Gasteiger partial charge in [-0.05, 0) is 58.6 Å². The molecule has 3 unspecified atom stereocenters. The minimum atomic E-state index is -0.203. The van der Waals surface area contributed by atoms with Crippen LogP contribution < -0.4 is 10.9 Å². The third kappa shape index (κ3) is 5.61. The number of aromatic amines is 1. The average molecular weight is 437 g/mol. The molecule has 1 fully saturated rings. The van der Waals surface area contributed by atoms with E-state index in [1.807, 2.05) is 20.8 Å². The van der Waals surface area contributed by atoms with Crippen molar-refractivity contribution in [3.63, 3.8) is 0 Å². The lowest BCUT2D eigenvalue weighted by Gasteiger charge is -2.33. The van der Waals surface area contributed by atoms with Crippen molar-refractivity contribution in [2.75, 3.05) is 19.6 Å². The first-order chi connectivity index (χ1) is 13.7. The molecule has 2 aromatic rings. The van der Waals surface area contributed by atoms with E-state index in [1.54, 1.807) is 11.3 Å². The molecular formula is C21H32N4O2S2. The second kappa shape index (κ2) is 9.62. The topological polar surface area (TPSA) is 78.1 Å². The molecule has 6 nitrogen and oxygen atoms in total. The summed E-state index contributed by atoms with van der Waals surface area (Å²) in [5.74, 6) is 1.92. The maximum atomic E-state index is 12.6. The number of likely N-dealkylation sites (tertiary alicyclic amines) is 1. The number of H-pyrrole nitrogens is 1. The van der Waals surface area contributed by atoms with E-state index in [-0.39, 0.29) is 22.8 Å². The average Bonchev–Trinajstić information content (AvgIpc) is 2.93. The normalized spacial score (nSPS) is 20.0. The molecular weight excluding hydrogens is 404 g/mol. The highest BCUT2D eigenvalue weighted by atomic mass is 32.2. The fraction of sp³-hybridized carbons (Fsp3) is 0.667. The van der Waals surface area contributed by atoms with Crippen LogP contribution in [0.5, 0.6) is 0 Å². The Kier molecular flexibility index (Phi) is 7.40. The van der Waals surface area contributed by atoms with Crippen LogP contribution in [0.3, 0.4) is 0 Å². The number of thioether (sulfide) groups is 1. The molecule has 1 aliphatic rings. The number of nitrogens with zero attached hydrogens (tertiary/aromatic N) is 2. The van der Waals surface area contributed by atoms with E-state index >= 15 is 0 Å². The summed E-state index contributed by atoms with van der Waals surface area (Å²) in [5, 5.41) is 3.62. The van der Waals surface area contributed by atoms with Gasteiger partial charge in [-0.25, -0.2) is 4.98 Å². The first kappa shape index (κ1) is 22.3. The summed E-state index contributed by atoms with van der Waals surface area (Å²) in [6.45, 7) is 13.4. The van der Waals surface area contributed by atoms with Crippen molar-refractivity contribution in [2.45, 2.75) is 64.5 Å². The SMILES string of the molecule is Cc1sc2nc(CSC(C)C(=O)NC(C)CN3CCCC(C)C3)[nH]c(=O)c2c1C. The lowest BCUT2D eigenvalue weighted by Crippen LogP contribution is -2.46. The number of thiophene rings is 1. The van der Waals surface area contributed by atoms with Gasteiger partial charge in [0.2, 0.25) is 5.91 Å². The number of hydrogen-bond donors (Lipinski definition) is 2. The smallest absolute Gasteiger partial charge is 0.259 e. The summed E-state index contributed by atoms with van der Waals surface area (Å²) in [4.78, 5) is 36.8. The highest BCUT2D eigenvalue weighted by Gasteiger charge is 2.21. The van der Waals surface area contributed by atoms with E-state index in [4.69, 9.17) is 0 Å². The van der Waals surface area contributed by atoms with Crippen LogP contribution in [-0.4, -0.2) is 51.7 Å². The second-order valence-electron chi connectivity index (χ2n) is 8.35. The lowest BCUT2D eigenvalue weighted by molar-refractivity contribution is -0.121. The summed E-state index contributed by atoms with van der Waals surface area (Å²) < 4.78 is 0. The zero-order chi connectivity index (χ0) is 21.1. The van der Waals surface area contributed by atoms with Gasteiger partial charge in [0.25, 0.3) is 5.56 Å². The van der Waals surface area contributed by atoms with Gasteiger partial charge in [0, 0.05) is 24.0 Å². The van der Waals surface area contributed by atoms with Crippen molar-refractivity contribution in [2.24, 2.45) is 5.92 Å². The molecule has 0 saturated carbocycles. The molecule has 160 valence electrons. The Morgan fingerprint density at radius 1 is 1.41 bits per heavy atom. The van der Waals surface area contributed by atoms with E-state index < -0.39 is 0 Å². The van der Waals surface area contributed by atoms with Gasteiger partial charge < -0.3 is 15.2 Å². The molecule has 0 radical (unpaired) electrons. The number of piperidine rings is 1. The molecule has 3 rings (SSSR count). The van der Waals surface area contributed by atoms with Crippen LogP contribution in [0.4, 0.5) is 0 Å². The lowest BCUT2D eigenvalue weighted by atomic mass is 10.00. The first-order valence-electron chi connectivity index (χ1n) is 10.4. The van der Waals surface area contributed by atoms with E-state index in [0.717, 1.165) is 40.8 Å². The molecule has 0 bridgehead atoms. The Labute approximate surface area is 180 Å². The number of aryl methyl sites for hydroxylation is 2. The first-order valence-corrected chi connectivity index (χ1v) is 12.2. The highest BCUT2D eigenvalue weighted by Crippen LogP contribution is 2.26. The Bertz CT molecular complexity index is 923. The number of fused-ring (bicyclic) bond motifs is 1. The standard InChI is InChI=1S/C21H32N4O2S2/c1-12-7-6-8-25(9-12)10-13(2)22-19(26)16(5)28-11-17-23-20(27)18-14(3)15(4)29-21(18)24-17/h12-13,16H,6-11H2,1-5H3,(H,22,26)(H,23,24,27). The zero-order valence-corrected chi connectivity index (χ0v) is 19.6. The summed E-state index contributed by atoms with van der Waals surface area (Å²) in [6, 6.07) is 0.127. The van der Waals surface area contributed by atoms with Crippen LogP contribution in [-0.2, 0) is 10.5 Å². The predicted octanol–water partition coefficient (Wildman–Crippen LogP) is 3.46. The number of hydrogen-bond acceptors (Lipinski definition) is 6. The number of nitrogens with one attached hydrogen (secondary N) is 2. The van der Waals surface area contributed by atoms with Crippen molar-refractivity contribution < 1.29 is 4.79 Å². The van der Waals surface area contributed by atoms with Crippen molar-refractivity contribution >= 4 is 39.2 Å². The van der Waals surface area contributed by atoms with Gasteiger partial charge in [-0.3, -0.25) is 9.59 Å². The van der Waals surface area contributed by atoms with Crippen molar-refractivity contribution in [1.82, 2.24) is 20.2 Å². The van der Waals surface area contributed by atoms with Gasteiger partial charge in [-0.1, -0.05) is 6.92 Å². The molecule has 1 aliphatic heterocycles. The maximum Gasteiger partial charge on any atom is 0.259 e. The molecule has 2 aromatic heterocycles. The quantitative estimate of drug-likeness (QED) is 0.695. The van der Waals surface area contributed by atoms with Gasteiger partial charge in [-0.15, -0.1) is 23.1 Å². The van der Waals surface area contributed by atoms with Crippen LogP contribution >= 0.6 is 23.1 Å². The van der Waals surface area contributed by atoms with Gasteiger partial charge in [-0.2, -0.15) is 0 Å². The predicted molar refractivity (Wildman–Crippen MR) is 123 cm³/mol. The Morgan fingerprint density at radius 3 is 2.90 bits per heavy atom. The van der Waals surface area contributed by atoms with Crippen molar-refractivity contribution in [1.29, 1.82) is 0 Å². The second-order valence-corrected chi connectivity index (χ2v) is 10.9. The van der Waals surface area contributed by atoms with Crippen LogP contribution in [0, 0.1) is 19.8 Å². The van der Waals surface area contributed by atoms with Gasteiger partial charge >= 0.3 is 0 Å². The third-order valence-electron chi connectivity index (χ3n) is 5.59. The summed E-state index contributed by atoms with van der Waals surface area (Å²) >= 11 is 3.05. The molecule has 1 amide bonds. The molecule has 3 atom stereocenters. The fourth-order valence-electron chi connectivity index (χ4n) is 3.89. The number of amides is 1. The molecule has 29 heavy (non-hydrogen) atoms. The Hall–Kier alpha value is -1.38.